The Morgan fingerprint density at radius 1 is 1.30 bits per heavy atom. The molecule has 0 aromatic carbocycles. The van der Waals surface area contributed by atoms with E-state index in [1.54, 1.807) is 0 Å². The number of hydrogen-bond acceptors (Lipinski definition) is 0. The second-order valence-electron chi connectivity index (χ2n) is 3.48. The van der Waals surface area contributed by atoms with Crippen molar-refractivity contribution in [3.05, 3.63) is 0 Å². The Kier molecular flexibility index (Phi) is 5.12. The van der Waals surface area contributed by atoms with E-state index in [0.717, 1.165) is 18.3 Å². The molecule has 0 heterocycles. The molecular formula is C10H18. The lowest BCUT2D eigenvalue weighted by Gasteiger charge is -2.11. The summed E-state index contributed by atoms with van der Waals surface area (Å²) in [5.74, 6) is 4.29. The summed E-state index contributed by atoms with van der Waals surface area (Å²) in [6, 6.07) is 0. The number of hydrogen-bond donors (Lipinski definition) is 0. The summed E-state index contributed by atoms with van der Waals surface area (Å²) in [5.41, 5.74) is 0. The zero-order chi connectivity index (χ0) is 7.98. The first-order chi connectivity index (χ1) is 4.66. The Morgan fingerprint density at radius 2 is 1.90 bits per heavy atom. The van der Waals surface area contributed by atoms with Crippen molar-refractivity contribution < 1.29 is 0 Å². The van der Waals surface area contributed by atoms with Gasteiger partial charge in [0.05, 0.1) is 0 Å². The molecule has 1 atom stereocenters. The molecule has 0 saturated carbocycles. The van der Waals surface area contributed by atoms with Crippen LogP contribution in [0.2, 0.25) is 0 Å². The summed E-state index contributed by atoms with van der Waals surface area (Å²) in [6.45, 7) is 6.79. The smallest absolute Gasteiger partial charge is 0.00885 e. The van der Waals surface area contributed by atoms with Gasteiger partial charge >= 0.3 is 0 Å². The predicted molar refractivity (Wildman–Crippen MR) is 46.7 cm³/mol. The molecule has 0 spiro atoms. The fraction of sp³-hybridized carbons (Fsp3) is 0.800. The molecule has 0 rings (SSSR count). The van der Waals surface area contributed by atoms with E-state index in [2.05, 4.69) is 26.7 Å². The van der Waals surface area contributed by atoms with Crippen LogP contribution in [-0.4, -0.2) is 0 Å². The maximum absolute atomic E-state index is 5.16. The predicted octanol–water partition coefficient (Wildman–Crippen LogP) is 3.08. The fourth-order valence-corrected chi connectivity index (χ4v) is 1.25. The van der Waals surface area contributed by atoms with Crippen LogP contribution < -0.4 is 0 Å². The number of terminal acetylenes is 1. The highest BCUT2D eigenvalue weighted by atomic mass is 14.1. The molecule has 58 valence electrons. The van der Waals surface area contributed by atoms with E-state index in [4.69, 9.17) is 6.42 Å². The van der Waals surface area contributed by atoms with Crippen LogP contribution in [0.3, 0.4) is 0 Å². The van der Waals surface area contributed by atoms with E-state index < -0.39 is 0 Å². The molecule has 0 aliphatic heterocycles. The Labute approximate surface area is 65.0 Å². The highest BCUT2D eigenvalue weighted by Crippen LogP contribution is 2.15. The summed E-state index contributed by atoms with van der Waals surface area (Å²) >= 11 is 0. The molecule has 0 radical (unpaired) electrons. The molecule has 10 heavy (non-hydrogen) atoms. The summed E-state index contributed by atoms with van der Waals surface area (Å²) in [5, 5.41) is 0. The third-order valence-electron chi connectivity index (χ3n) is 1.66. The zero-order valence-corrected chi connectivity index (χ0v) is 7.35. The van der Waals surface area contributed by atoms with Crippen molar-refractivity contribution in [1.29, 1.82) is 0 Å². The van der Waals surface area contributed by atoms with E-state index in [9.17, 15) is 0 Å². The van der Waals surface area contributed by atoms with E-state index in [-0.39, 0.29) is 0 Å². The lowest BCUT2D eigenvalue weighted by atomic mass is 9.95. The van der Waals surface area contributed by atoms with Crippen LogP contribution in [0.5, 0.6) is 0 Å². The Balaban J connectivity index is 3.27. The van der Waals surface area contributed by atoms with Crippen molar-refractivity contribution in [2.45, 2.75) is 40.0 Å². The molecule has 0 N–H and O–H groups in total. The normalized spacial score (nSPS) is 13.1. The van der Waals surface area contributed by atoms with Crippen LogP contribution >= 0.6 is 0 Å². The van der Waals surface area contributed by atoms with Gasteiger partial charge < -0.3 is 0 Å². The quantitative estimate of drug-likeness (QED) is 0.524. The van der Waals surface area contributed by atoms with Gasteiger partial charge in [0.1, 0.15) is 0 Å². The molecule has 0 aromatic heterocycles. The first-order valence-corrected chi connectivity index (χ1v) is 4.10. The van der Waals surface area contributed by atoms with Crippen molar-refractivity contribution in [1.82, 2.24) is 0 Å². The van der Waals surface area contributed by atoms with E-state index in [0.29, 0.717) is 0 Å². The van der Waals surface area contributed by atoms with Crippen LogP contribution in [0.1, 0.15) is 40.0 Å². The maximum atomic E-state index is 5.16. The van der Waals surface area contributed by atoms with Gasteiger partial charge in [-0.2, -0.15) is 0 Å². The average molecular weight is 138 g/mol. The molecule has 0 aliphatic carbocycles. The number of rotatable bonds is 4. The SMILES string of the molecule is C#CCCC(C)CC(C)C. The van der Waals surface area contributed by atoms with Crippen molar-refractivity contribution >= 4 is 0 Å². The molecule has 0 saturated heterocycles. The summed E-state index contributed by atoms with van der Waals surface area (Å²) < 4.78 is 0. The molecule has 0 bridgehead atoms. The highest BCUT2D eigenvalue weighted by molar-refractivity contribution is 4.83. The van der Waals surface area contributed by atoms with Crippen molar-refractivity contribution in [3.8, 4) is 12.3 Å². The summed E-state index contributed by atoms with van der Waals surface area (Å²) in [4.78, 5) is 0. The average Bonchev–Trinajstić information content (AvgIpc) is 1.82. The molecule has 0 aliphatic rings. The Morgan fingerprint density at radius 3 is 2.30 bits per heavy atom. The van der Waals surface area contributed by atoms with E-state index in [1.807, 2.05) is 0 Å². The lowest BCUT2D eigenvalue weighted by molar-refractivity contribution is 0.420. The monoisotopic (exact) mass is 138 g/mol. The standard InChI is InChI=1S/C10H18/c1-5-6-7-10(4)8-9(2)3/h1,9-10H,6-8H2,2-4H3. The van der Waals surface area contributed by atoms with Gasteiger partial charge in [0, 0.05) is 6.42 Å². The molecule has 0 nitrogen and oxygen atoms in total. The van der Waals surface area contributed by atoms with Crippen LogP contribution in [-0.2, 0) is 0 Å². The van der Waals surface area contributed by atoms with Crippen molar-refractivity contribution in [2.24, 2.45) is 11.8 Å². The van der Waals surface area contributed by atoms with Gasteiger partial charge in [-0.15, -0.1) is 12.3 Å². The third kappa shape index (κ3) is 5.69. The minimum absolute atomic E-state index is 0.802. The van der Waals surface area contributed by atoms with Gasteiger partial charge in [0.15, 0.2) is 0 Å². The Hall–Kier alpha value is -0.440. The maximum Gasteiger partial charge on any atom is 0.00885 e. The summed E-state index contributed by atoms with van der Waals surface area (Å²) in [7, 11) is 0. The second-order valence-corrected chi connectivity index (χ2v) is 3.48. The van der Waals surface area contributed by atoms with Gasteiger partial charge in [-0.05, 0) is 24.7 Å². The minimum Gasteiger partial charge on any atom is -0.120 e. The minimum atomic E-state index is 0.802. The lowest BCUT2D eigenvalue weighted by Crippen LogP contribution is -1.99. The Bertz CT molecular complexity index is 106. The van der Waals surface area contributed by atoms with Crippen LogP contribution in [0.15, 0.2) is 0 Å². The molecule has 0 amide bonds. The van der Waals surface area contributed by atoms with E-state index in [1.165, 1.54) is 12.8 Å². The van der Waals surface area contributed by atoms with Gasteiger partial charge in [0.25, 0.3) is 0 Å². The molecule has 0 aromatic rings. The van der Waals surface area contributed by atoms with E-state index >= 15 is 0 Å². The molecule has 1 unspecified atom stereocenters. The molecule has 0 heteroatoms. The van der Waals surface area contributed by atoms with Crippen LogP contribution in [0.25, 0.3) is 0 Å². The van der Waals surface area contributed by atoms with Crippen LogP contribution in [0.4, 0.5) is 0 Å². The van der Waals surface area contributed by atoms with Crippen molar-refractivity contribution in [3.63, 3.8) is 0 Å². The third-order valence-corrected chi connectivity index (χ3v) is 1.66. The van der Waals surface area contributed by atoms with Gasteiger partial charge in [-0.3, -0.25) is 0 Å². The largest absolute Gasteiger partial charge is 0.120 e. The zero-order valence-electron chi connectivity index (χ0n) is 7.35. The van der Waals surface area contributed by atoms with Gasteiger partial charge in [-0.1, -0.05) is 20.8 Å². The fourth-order valence-electron chi connectivity index (χ4n) is 1.25. The topological polar surface area (TPSA) is 0 Å². The van der Waals surface area contributed by atoms with Gasteiger partial charge in [-0.25, -0.2) is 0 Å². The van der Waals surface area contributed by atoms with Crippen LogP contribution in [0, 0.1) is 24.2 Å². The summed E-state index contributed by atoms with van der Waals surface area (Å²) in [6.07, 6.45) is 8.59. The molecular weight excluding hydrogens is 120 g/mol. The first kappa shape index (κ1) is 9.56. The van der Waals surface area contributed by atoms with Crippen molar-refractivity contribution in [2.75, 3.05) is 0 Å². The highest BCUT2D eigenvalue weighted by Gasteiger charge is 2.02. The van der Waals surface area contributed by atoms with Gasteiger partial charge in [0.2, 0.25) is 0 Å². The molecule has 0 fully saturated rings. The first-order valence-electron chi connectivity index (χ1n) is 4.10. The second kappa shape index (κ2) is 5.35.